The number of hydrogen-bond donors (Lipinski definition) is 1. The van der Waals surface area contributed by atoms with E-state index in [9.17, 15) is 4.79 Å². The molecule has 1 amide bonds. The molecule has 0 spiro atoms. The predicted molar refractivity (Wildman–Crippen MR) is 49.3 cm³/mol. The van der Waals surface area contributed by atoms with Crippen molar-refractivity contribution in [3.63, 3.8) is 0 Å². The number of terminal acetylenes is 1. The van der Waals surface area contributed by atoms with E-state index < -0.39 is 0 Å². The van der Waals surface area contributed by atoms with Crippen LogP contribution in [0.1, 0.15) is 23.2 Å². The SMILES string of the molecule is C#CCNC(=O)c1ccc(CC)o1. The van der Waals surface area contributed by atoms with Gasteiger partial charge in [-0.25, -0.2) is 0 Å². The average molecular weight is 177 g/mol. The van der Waals surface area contributed by atoms with Crippen LogP contribution in [0.2, 0.25) is 0 Å². The van der Waals surface area contributed by atoms with E-state index in [1.807, 2.05) is 6.92 Å². The summed E-state index contributed by atoms with van der Waals surface area (Å²) in [5, 5.41) is 2.52. The van der Waals surface area contributed by atoms with Gasteiger partial charge in [0.05, 0.1) is 6.54 Å². The number of nitrogens with one attached hydrogen (secondary N) is 1. The van der Waals surface area contributed by atoms with Crippen LogP contribution in [0, 0.1) is 12.3 Å². The second kappa shape index (κ2) is 4.36. The lowest BCUT2D eigenvalue weighted by molar-refractivity contribution is 0.0929. The Hall–Kier alpha value is -1.69. The Morgan fingerprint density at radius 3 is 3.00 bits per heavy atom. The zero-order valence-corrected chi connectivity index (χ0v) is 7.46. The quantitative estimate of drug-likeness (QED) is 0.705. The maximum atomic E-state index is 11.2. The van der Waals surface area contributed by atoms with Gasteiger partial charge in [-0.15, -0.1) is 6.42 Å². The molecule has 3 nitrogen and oxygen atoms in total. The summed E-state index contributed by atoms with van der Waals surface area (Å²) in [5.41, 5.74) is 0. The Labute approximate surface area is 77.1 Å². The van der Waals surface area contributed by atoms with Crippen molar-refractivity contribution in [1.29, 1.82) is 0 Å². The van der Waals surface area contributed by atoms with Gasteiger partial charge in [-0.2, -0.15) is 0 Å². The molecule has 68 valence electrons. The van der Waals surface area contributed by atoms with Crippen molar-refractivity contribution in [3.05, 3.63) is 23.7 Å². The molecule has 0 aromatic carbocycles. The van der Waals surface area contributed by atoms with Crippen LogP contribution in [0.3, 0.4) is 0 Å². The number of hydrogen-bond acceptors (Lipinski definition) is 2. The Balaban J connectivity index is 2.62. The first-order chi connectivity index (χ1) is 6.27. The van der Waals surface area contributed by atoms with Crippen molar-refractivity contribution in [1.82, 2.24) is 5.32 Å². The van der Waals surface area contributed by atoms with E-state index in [-0.39, 0.29) is 12.5 Å². The van der Waals surface area contributed by atoms with Gasteiger partial charge >= 0.3 is 0 Å². The van der Waals surface area contributed by atoms with Crippen molar-refractivity contribution in [3.8, 4) is 12.3 Å². The van der Waals surface area contributed by atoms with E-state index in [0.29, 0.717) is 5.76 Å². The maximum absolute atomic E-state index is 11.2. The molecule has 0 fully saturated rings. The lowest BCUT2D eigenvalue weighted by atomic mass is 10.3. The standard InChI is InChI=1S/C10H11NO2/c1-3-7-11-10(12)9-6-5-8(4-2)13-9/h1,5-6H,4,7H2,2H3,(H,11,12). The zero-order valence-electron chi connectivity index (χ0n) is 7.46. The highest BCUT2D eigenvalue weighted by molar-refractivity contribution is 5.91. The average Bonchev–Trinajstić information content (AvgIpc) is 2.62. The van der Waals surface area contributed by atoms with Crippen LogP contribution in [0.25, 0.3) is 0 Å². The highest BCUT2D eigenvalue weighted by atomic mass is 16.3. The number of carbonyl (C=O) groups excluding carboxylic acids is 1. The van der Waals surface area contributed by atoms with Crippen LogP contribution in [0.15, 0.2) is 16.5 Å². The lowest BCUT2D eigenvalue weighted by Gasteiger charge is -1.96. The summed E-state index contributed by atoms with van der Waals surface area (Å²) in [4.78, 5) is 11.2. The molecule has 0 aliphatic heterocycles. The number of aryl methyl sites for hydroxylation is 1. The summed E-state index contributed by atoms with van der Waals surface area (Å²) >= 11 is 0. The van der Waals surface area contributed by atoms with Crippen molar-refractivity contribution >= 4 is 5.91 Å². The Morgan fingerprint density at radius 2 is 2.46 bits per heavy atom. The molecule has 0 aliphatic rings. The molecule has 0 unspecified atom stereocenters. The fourth-order valence-corrected chi connectivity index (χ4v) is 0.908. The first-order valence-corrected chi connectivity index (χ1v) is 4.08. The highest BCUT2D eigenvalue weighted by Gasteiger charge is 2.08. The molecule has 1 heterocycles. The van der Waals surface area contributed by atoms with Crippen LogP contribution in [0.5, 0.6) is 0 Å². The molecule has 1 rings (SSSR count). The Bertz CT molecular complexity index is 333. The van der Waals surface area contributed by atoms with Gasteiger partial charge in [0.1, 0.15) is 5.76 Å². The molecule has 0 aliphatic carbocycles. The third-order valence-corrected chi connectivity index (χ3v) is 1.58. The van der Waals surface area contributed by atoms with Gasteiger partial charge in [0.15, 0.2) is 5.76 Å². The summed E-state index contributed by atoms with van der Waals surface area (Å²) in [6.07, 6.45) is 5.77. The van der Waals surface area contributed by atoms with Gasteiger partial charge in [-0.3, -0.25) is 4.79 Å². The van der Waals surface area contributed by atoms with E-state index in [0.717, 1.165) is 12.2 Å². The Kier molecular flexibility index (Phi) is 3.15. The summed E-state index contributed by atoms with van der Waals surface area (Å²) in [7, 11) is 0. The van der Waals surface area contributed by atoms with E-state index in [4.69, 9.17) is 10.8 Å². The second-order valence-electron chi connectivity index (χ2n) is 2.51. The van der Waals surface area contributed by atoms with Crippen LogP contribution >= 0.6 is 0 Å². The molecular formula is C10H11NO2. The molecule has 3 heteroatoms. The molecule has 0 radical (unpaired) electrons. The number of carbonyl (C=O) groups is 1. The summed E-state index contributed by atoms with van der Waals surface area (Å²) in [6, 6.07) is 3.43. The Morgan fingerprint density at radius 1 is 1.69 bits per heavy atom. The van der Waals surface area contributed by atoms with E-state index in [1.165, 1.54) is 0 Å². The largest absolute Gasteiger partial charge is 0.456 e. The smallest absolute Gasteiger partial charge is 0.287 e. The topological polar surface area (TPSA) is 42.2 Å². The number of rotatable bonds is 3. The van der Waals surface area contributed by atoms with Crippen LogP contribution in [-0.2, 0) is 6.42 Å². The zero-order chi connectivity index (χ0) is 9.68. The van der Waals surface area contributed by atoms with Crippen molar-refractivity contribution in [2.75, 3.05) is 6.54 Å². The van der Waals surface area contributed by atoms with Gasteiger partial charge in [-0.1, -0.05) is 12.8 Å². The van der Waals surface area contributed by atoms with Crippen molar-refractivity contribution in [2.45, 2.75) is 13.3 Å². The molecular weight excluding hydrogens is 166 g/mol. The molecule has 0 saturated carbocycles. The minimum atomic E-state index is -0.266. The first-order valence-electron chi connectivity index (χ1n) is 4.08. The fraction of sp³-hybridized carbons (Fsp3) is 0.300. The number of amides is 1. The van der Waals surface area contributed by atoms with Crippen molar-refractivity contribution < 1.29 is 9.21 Å². The minimum Gasteiger partial charge on any atom is -0.456 e. The molecule has 0 bridgehead atoms. The summed E-state index contributed by atoms with van der Waals surface area (Å²) in [5.74, 6) is 3.16. The third-order valence-electron chi connectivity index (χ3n) is 1.58. The molecule has 1 N–H and O–H groups in total. The number of furan rings is 1. The highest BCUT2D eigenvalue weighted by Crippen LogP contribution is 2.07. The maximum Gasteiger partial charge on any atom is 0.287 e. The van der Waals surface area contributed by atoms with E-state index >= 15 is 0 Å². The fourth-order valence-electron chi connectivity index (χ4n) is 0.908. The van der Waals surface area contributed by atoms with Crippen LogP contribution in [0.4, 0.5) is 0 Å². The van der Waals surface area contributed by atoms with Gasteiger partial charge in [0.2, 0.25) is 0 Å². The van der Waals surface area contributed by atoms with Crippen molar-refractivity contribution in [2.24, 2.45) is 0 Å². The van der Waals surface area contributed by atoms with Crippen LogP contribution in [-0.4, -0.2) is 12.5 Å². The second-order valence-corrected chi connectivity index (χ2v) is 2.51. The van der Waals surface area contributed by atoms with E-state index in [2.05, 4.69) is 11.2 Å². The normalized spacial score (nSPS) is 9.23. The minimum absolute atomic E-state index is 0.223. The van der Waals surface area contributed by atoms with Gasteiger partial charge in [-0.05, 0) is 12.1 Å². The van der Waals surface area contributed by atoms with Gasteiger partial charge in [0.25, 0.3) is 5.91 Å². The molecule has 1 aromatic rings. The first kappa shape index (κ1) is 9.40. The summed E-state index contributed by atoms with van der Waals surface area (Å²) < 4.78 is 5.21. The van der Waals surface area contributed by atoms with Gasteiger partial charge < -0.3 is 9.73 Å². The molecule has 13 heavy (non-hydrogen) atoms. The molecule has 1 aromatic heterocycles. The van der Waals surface area contributed by atoms with Crippen LogP contribution < -0.4 is 5.32 Å². The molecule has 0 atom stereocenters. The van der Waals surface area contributed by atoms with E-state index in [1.54, 1.807) is 12.1 Å². The van der Waals surface area contributed by atoms with Gasteiger partial charge in [0, 0.05) is 6.42 Å². The lowest BCUT2D eigenvalue weighted by Crippen LogP contribution is -2.22. The summed E-state index contributed by atoms with van der Waals surface area (Å²) in [6.45, 7) is 2.18. The monoisotopic (exact) mass is 177 g/mol. The predicted octanol–water partition coefficient (Wildman–Crippen LogP) is 1.21. The molecule has 0 saturated heterocycles. The third kappa shape index (κ3) is 2.38.